The van der Waals surface area contributed by atoms with Crippen LogP contribution in [0, 0.1) is 10.8 Å². The van der Waals surface area contributed by atoms with Gasteiger partial charge in [0.15, 0.2) is 0 Å². The maximum Gasteiger partial charge on any atom is 0.251 e. The topological polar surface area (TPSA) is 78.4 Å². The monoisotopic (exact) mass is 334 g/mol. The Morgan fingerprint density at radius 1 is 1.12 bits per heavy atom. The summed E-state index contributed by atoms with van der Waals surface area (Å²) in [6, 6.07) is 6.88. The molecule has 0 spiro atoms. The minimum atomic E-state index is -0.499. The van der Waals surface area contributed by atoms with Gasteiger partial charge in [-0.25, -0.2) is 0 Å². The molecule has 0 fully saturated rings. The molecule has 0 radical (unpaired) electrons. The molecular formula is C19H30N2O3. The molecule has 1 aromatic carbocycles. The Kier molecular flexibility index (Phi) is 6.96. The first-order chi connectivity index (χ1) is 11.2. The van der Waals surface area contributed by atoms with Crippen LogP contribution in [0.1, 0.15) is 57.8 Å². The third-order valence-electron chi connectivity index (χ3n) is 4.52. The summed E-state index contributed by atoms with van der Waals surface area (Å²) in [5.74, 6) is -0.307. The van der Waals surface area contributed by atoms with Crippen molar-refractivity contribution in [2.45, 2.75) is 47.5 Å². The Hall–Kier alpha value is -1.88. The maximum absolute atomic E-state index is 12.4. The van der Waals surface area contributed by atoms with Crippen molar-refractivity contribution in [1.29, 1.82) is 0 Å². The van der Waals surface area contributed by atoms with Gasteiger partial charge in [-0.1, -0.05) is 40.7 Å². The van der Waals surface area contributed by atoms with Crippen molar-refractivity contribution >= 4 is 17.5 Å². The summed E-state index contributed by atoms with van der Waals surface area (Å²) >= 11 is 0. The Morgan fingerprint density at radius 3 is 2.25 bits per heavy atom. The van der Waals surface area contributed by atoms with Gasteiger partial charge < -0.3 is 15.7 Å². The SMILES string of the molecule is CCC(CC)(CO)CNC(=O)c1cccc(NC(=O)C(C)(C)C)c1. The van der Waals surface area contributed by atoms with Crippen LogP contribution in [0.4, 0.5) is 5.69 Å². The second-order valence-corrected chi connectivity index (χ2v) is 7.33. The average molecular weight is 334 g/mol. The predicted octanol–water partition coefficient (Wildman–Crippen LogP) is 3.20. The van der Waals surface area contributed by atoms with Gasteiger partial charge in [0.05, 0.1) is 6.61 Å². The quantitative estimate of drug-likeness (QED) is 0.716. The van der Waals surface area contributed by atoms with E-state index in [1.807, 2.05) is 34.6 Å². The van der Waals surface area contributed by atoms with Crippen molar-refractivity contribution in [3.05, 3.63) is 29.8 Å². The lowest BCUT2D eigenvalue weighted by atomic mass is 9.83. The third kappa shape index (κ3) is 5.34. The molecule has 0 aliphatic rings. The lowest BCUT2D eigenvalue weighted by Gasteiger charge is -2.29. The van der Waals surface area contributed by atoms with E-state index in [0.717, 1.165) is 12.8 Å². The van der Waals surface area contributed by atoms with Gasteiger partial charge in [0, 0.05) is 28.6 Å². The Bertz CT molecular complexity index is 564. The fourth-order valence-electron chi connectivity index (χ4n) is 2.21. The zero-order chi connectivity index (χ0) is 18.4. The van der Waals surface area contributed by atoms with E-state index < -0.39 is 5.41 Å². The highest BCUT2D eigenvalue weighted by atomic mass is 16.3. The summed E-state index contributed by atoms with van der Waals surface area (Å²) < 4.78 is 0. The standard InChI is InChI=1S/C19H30N2O3/c1-6-19(7-2,13-22)12-20-16(23)14-9-8-10-15(11-14)21-17(24)18(3,4)5/h8-11,22H,6-7,12-13H2,1-5H3,(H,20,23)(H,21,24). The average Bonchev–Trinajstić information content (AvgIpc) is 2.55. The number of hydrogen-bond acceptors (Lipinski definition) is 3. The van der Waals surface area contributed by atoms with E-state index in [2.05, 4.69) is 10.6 Å². The van der Waals surface area contributed by atoms with Crippen LogP contribution >= 0.6 is 0 Å². The van der Waals surface area contributed by atoms with E-state index in [-0.39, 0.29) is 23.8 Å². The largest absolute Gasteiger partial charge is 0.396 e. The summed E-state index contributed by atoms with van der Waals surface area (Å²) in [4.78, 5) is 24.4. The van der Waals surface area contributed by atoms with Gasteiger partial charge in [-0.15, -0.1) is 0 Å². The van der Waals surface area contributed by atoms with Gasteiger partial charge in [-0.05, 0) is 31.0 Å². The number of hydrogen-bond donors (Lipinski definition) is 3. The van der Waals surface area contributed by atoms with E-state index in [1.165, 1.54) is 0 Å². The lowest BCUT2D eigenvalue weighted by molar-refractivity contribution is -0.123. The van der Waals surface area contributed by atoms with Gasteiger partial charge in [-0.3, -0.25) is 9.59 Å². The molecule has 0 unspecified atom stereocenters. The number of carbonyl (C=O) groups is 2. The molecule has 3 N–H and O–H groups in total. The molecule has 1 rings (SSSR count). The zero-order valence-corrected chi connectivity index (χ0v) is 15.4. The highest BCUT2D eigenvalue weighted by molar-refractivity contribution is 5.98. The summed E-state index contributed by atoms with van der Waals surface area (Å²) in [5.41, 5.74) is 0.303. The second-order valence-electron chi connectivity index (χ2n) is 7.33. The fourth-order valence-corrected chi connectivity index (χ4v) is 2.21. The number of rotatable bonds is 7. The number of benzene rings is 1. The molecule has 134 valence electrons. The van der Waals surface area contributed by atoms with E-state index in [1.54, 1.807) is 24.3 Å². The van der Waals surface area contributed by atoms with E-state index in [0.29, 0.717) is 17.8 Å². The van der Waals surface area contributed by atoms with Crippen LogP contribution in [0.15, 0.2) is 24.3 Å². The van der Waals surface area contributed by atoms with Crippen LogP contribution in [0.5, 0.6) is 0 Å². The van der Waals surface area contributed by atoms with Gasteiger partial charge in [0.25, 0.3) is 5.91 Å². The van der Waals surface area contributed by atoms with Gasteiger partial charge in [0.1, 0.15) is 0 Å². The summed E-state index contributed by atoms with van der Waals surface area (Å²) in [6.07, 6.45) is 1.59. The molecule has 0 aliphatic heterocycles. The predicted molar refractivity (Wildman–Crippen MR) is 97.0 cm³/mol. The Balaban J connectivity index is 2.79. The number of aliphatic hydroxyl groups excluding tert-OH is 1. The van der Waals surface area contributed by atoms with Gasteiger partial charge in [0.2, 0.25) is 5.91 Å². The molecular weight excluding hydrogens is 304 g/mol. The second kappa shape index (κ2) is 8.29. The molecule has 0 heterocycles. The maximum atomic E-state index is 12.4. The molecule has 0 bridgehead atoms. The summed E-state index contributed by atoms with van der Waals surface area (Å²) in [6.45, 7) is 9.99. The highest BCUT2D eigenvalue weighted by Crippen LogP contribution is 2.24. The normalized spacial score (nSPS) is 11.9. The van der Waals surface area contributed by atoms with Gasteiger partial charge in [-0.2, -0.15) is 0 Å². The van der Waals surface area contributed by atoms with Crippen LogP contribution in [-0.4, -0.2) is 30.1 Å². The van der Waals surface area contributed by atoms with Crippen LogP contribution in [0.3, 0.4) is 0 Å². The molecule has 0 aromatic heterocycles. The number of aliphatic hydroxyl groups is 1. The van der Waals surface area contributed by atoms with Crippen LogP contribution in [0.25, 0.3) is 0 Å². The minimum Gasteiger partial charge on any atom is -0.396 e. The Labute approximate surface area is 144 Å². The van der Waals surface area contributed by atoms with Crippen molar-refractivity contribution in [1.82, 2.24) is 5.32 Å². The molecule has 5 nitrogen and oxygen atoms in total. The number of amides is 2. The van der Waals surface area contributed by atoms with E-state index in [4.69, 9.17) is 0 Å². The van der Waals surface area contributed by atoms with Crippen molar-refractivity contribution in [3.8, 4) is 0 Å². The smallest absolute Gasteiger partial charge is 0.251 e. The van der Waals surface area contributed by atoms with Crippen molar-refractivity contribution in [3.63, 3.8) is 0 Å². The number of anilines is 1. The summed E-state index contributed by atoms with van der Waals surface area (Å²) in [7, 11) is 0. The minimum absolute atomic E-state index is 0.0436. The van der Waals surface area contributed by atoms with E-state index in [9.17, 15) is 14.7 Å². The molecule has 0 aliphatic carbocycles. The van der Waals surface area contributed by atoms with Crippen molar-refractivity contribution in [2.24, 2.45) is 10.8 Å². The van der Waals surface area contributed by atoms with E-state index >= 15 is 0 Å². The van der Waals surface area contributed by atoms with Gasteiger partial charge >= 0.3 is 0 Å². The first kappa shape index (κ1) is 20.2. The third-order valence-corrected chi connectivity index (χ3v) is 4.52. The van der Waals surface area contributed by atoms with Crippen LogP contribution < -0.4 is 10.6 Å². The van der Waals surface area contributed by atoms with Crippen molar-refractivity contribution < 1.29 is 14.7 Å². The number of carbonyl (C=O) groups excluding carboxylic acids is 2. The number of nitrogens with one attached hydrogen (secondary N) is 2. The lowest BCUT2D eigenvalue weighted by Crippen LogP contribution is -2.39. The zero-order valence-electron chi connectivity index (χ0n) is 15.4. The molecule has 2 amide bonds. The highest BCUT2D eigenvalue weighted by Gasteiger charge is 2.26. The van der Waals surface area contributed by atoms with Crippen molar-refractivity contribution in [2.75, 3.05) is 18.5 Å². The molecule has 1 aromatic rings. The molecule has 24 heavy (non-hydrogen) atoms. The molecule has 0 atom stereocenters. The van der Waals surface area contributed by atoms with Crippen LogP contribution in [-0.2, 0) is 4.79 Å². The summed E-state index contributed by atoms with van der Waals surface area (Å²) in [5, 5.41) is 15.3. The Morgan fingerprint density at radius 2 is 1.75 bits per heavy atom. The molecule has 0 saturated carbocycles. The molecule has 5 heteroatoms. The first-order valence-electron chi connectivity index (χ1n) is 8.48. The first-order valence-corrected chi connectivity index (χ1v) is 8.48. The fraction of sp³-hybridized carbons (Fsp3) is 0.579. The van der Waals surface area contributed by atoms with Crippen LogP contribution in [0.2, 0.25) is 0 Å². The molecule has 0 saturated heterocycles.